The monoisotopic (exact) mass is 189 g/mol. The summed E-state index contributed by atoms with van der Waals surface area (Å²) in [6.45, 7) is 3.88. The van der Waals surface area contributed by atoms with E-state index in [4.69, 9.17) is 4.52 Å². The summed E-state index contributed by atoms with van der Waals surface area (Å²) in [6.07, 6.45) is 2.81. The van der Waals surface area contributed by atoms with Crippen LogP contribution < -0.4 is 0 Å². The number of aromatic nitrogens is 3. The molecule has 0 spiro atoms. The average Bonchev–Trinajstić information content (AvgIpc) is 2.65. The van der Waals surface area contributed by atoms with Gasteiger partial charge in [-0.05, 0) is 25.0 Å². The molecule has 0 aliphatic heterocycles. The maximum Gasteiger partial charge on any atom is 0.276 e. The van der Waals surface area contributed by atoms with Crippen LogP contribution in [0.2, 0.25) is 0 Å². The minimum atomic E-state index is 0.477. The molecule has 0 saturated carbocycles. The van der Waals surface area contributed by atoms with E-state index in [1.807, 2.05) is 18.3 Å². The summed E-state index contributed by atoms with van der Waals surface area (Å²) in [6, 6.07) is 3.91. The lowest BCUT2D eigenvalue weighted by molar-refractivity contribution is 0.424. The maximum atomic E-state index is 5.00. The molecule has 2 aromatic rings. The first-order valence-corrected chi connectivity index (χ1v) is 4.55. The molecule has 14 heavy (non-hydrogen) atoms. The molecular weight excluding hydrogens is 178 g/mol. The van der Waals surface area contributed by atoms with Gasteiger partial charge in [0.15, 0.2) is 5.82 Å². The van der Waals surface area contributed by atoms with Crippen LogP contribution >= 0.6 is 0 Å². The average molecular weight is 189 g/mol. The van der Waals surface area contributed by atoms with E-state index < -0.39 is 0 Å². The molecule has 2 heterocycles. The van der Waals surface area contributed by atoms with Gasteiger partial charge < -0.3 is 4.52 Å². The Morgan fingerprint density at radius 1 is 1.36 bits per heavy atom. The maximum absolute atomic E-state index is 5.00. The van der Waals surface area contributed by atoms with Crippen LogP contribution in [-0.4, -0.2) is 15.1 Å². The van der Waals surface area contributed by atoms with Gasteiger partial charge in [0.2, 0.25) is 0 Å². The van der Waals surface area contributed by atoms with Gasteiger partial charge in [-0.25, -0.2) is 0 Å². The zero-order valence-electron chi connectivity index (χ0n) is 8.19. The van der Waals surface area contributed by atoms with Crippen LogP contribution in [-0.2, 0) is 6.42 Å². The van der Waals surface area contributed by atoms with E-state index in [1.54, 1.807) is 6.92 Å². The van der Waals surface area contributed by atoms with E-state index in [-0.39, 0.29) is 0 Å². The Morgan fingerprint density at radius 3 is 2.71 bits per heavy atom. The summed E-state index contributed by atoms with van der Waals surface area (Å²) < 4.78 is 5.00. The van der Waals surface area contributed by atoms with Gasteiger partial charge in [0, 0.05) is 6.20 Å². The number of pyridine rings is 1. The zero-order valence-corrected chi connectivity index (χ0v) is 8.19. The molecule has 0 N–H and O–H groups in total. The standard InChI is InChI=1S/C10H11N3O/c1-3-8-4-5-9(11-6-8)10-12-7(2)13-14-10/h4-6H,3H2,1-2H3. The highest BCUT2D eigenvalue weighted by molar-refractivity contribution is 5.46. The summed E-state index contributed by atoms with van der Waals surface area (Å²) in [4.78, 5) is 8.33. The Bertz CT molecular complexity index is 419. The molecule has 0 aliphatic carbocycles. The molecule has 72 valence electrons. The lowest BCUT2D eigenvalue weighted by Crippen LogP contribution is -1.86. The minimum Gasteiger partial charge on any atom is -0.332 e. The van der Waals surface area contributed by atoms with Crippen molar-refractivity contribution in [2.24, 2.45) is 0 Å². The molecule has 0 atom stereocenters. The third kappa shape index (κ3) is 1.64. The van der Waals surface area contributed by atoms with Crippen LogP contribution in [0.1, 0.15) is 18.3 Å². The fourth-order valence-electron chi connectivity index (χ4n) is 1.16. The summed E-state index contributed by atoms with van der Waals surface area (Å²) >= 11 is 0. The molecule has 4 nitrogen and oxygen atoms in total. The van der Waals surface area contributed by atoms with Crippen molar-refractivity contribution in [3.63, 3.8) is 0 Å². The van der Waals surface area contributed by atoms with Crippen molar-refractivity contribution in [2.75, 3.05) is 0 Å². The Balaban J connectivity index is 2.33. The molecule has 0 bridgehead atoms. The SMILES string of the molecule is CCc1ccc(-c2nc(C)no2)nc1. The Labute approximate surface area is 82.0 Å². The Morgan fingerprint density at radius 2 is 2.21 bits per heavy atom. The molecule has 0 radical (unpaired) electrons. The smallest absolute Gasteiger partial charge is 0.276 e. The quantitative estimate of drug-likeness (QED) is 0.725. The van der Waals surface area contributed by atoms with Crippen molar-refractivity contribution in [1.29, 1.82) is 0 Å². The highest BCUT2D eigenvalue weighted by atomic mass is 16.5. The summed E-state index contributed by atoms with van der Waals surface area (Å²) in [7, 11) is 0. The van der Waals surface area contributed by atoms with Crippen LogP contribution in [0, 0.1) is 6.92 Å². The molecule has 0 aromatic carbocycles. The molecular formula is C10H11N3O. The molecule has 0 amide bonds. The number of rotatable bonds is 2. The second-order valence-electron chi connectivity index (χ2n) is 3.05. The molecule has 2 aromatic heterocycles. The number of aryl methyl sites for hydroxylation is 2. The van der Waals surface area contributed by atoms with Gasteiger partial charge in [0.25, 0.3) is 5.89 Å². The molecule has 0 fully saturated rings. The van der Waals surface area contributed by atoms with Crippen LogP contribution in [0.5, 0.6) is 0 Å². The first kappa shape index (κ1) is 8.87. The first-order valence-electron chi connectivity index (χ1n) is 4.55. The minimum absolute atomic E-state index is 0.477. The van der Waals surface area contributed by atoms with Crippen molar-refractivity contribution >= 4 is 0 Å². The van der Waals surface area contributed by atoms with Crippen LogP contribution in [0.25, 0.3) is 11.6 Å². The fraction of sp³-hybridized carbons (Fsp3) is 0.300. The summed E-state index contributed by atoms with van der Waals surface area (Å²) in [5.74, 6) is 1.10. The first-order chi connectivity index (χ1) is 6.79. The van der Waals surface area contributed by atoms with E-state index in [0.29, 0.717) is 11.7 Å². The molecule has 0 aliphatic rings. The zero-order chi connectivity index (χ0) is 9.97. The van der Waals surface area contributed by atoms with Gasteiger partial charge in [-0.15, -0.1) is 0 Å². The molecule has 0 unspecified atom stereocenters. The van der Waals surface area contributed by atoms with E-state index >= 15 is 0 Å². The predicted octanol–water partition coefficient (Wildman–Crippen LogP) is 2.00. The van der Waals surface area contributed by atoms with Gasteiger partial charge in [0.05, 0.1) is 0 Å². The fourth-order valence-corrected chi connectivity index (χ4v) is 1.16. The lowest BCUT2D eigenvalue weighted by atomic mass is 10.2. The third-order valence-corrected chi connectivity index (χ3v) is 1.98. The summed E-state index contributed by atoms with van der Waals surface area (Å²) in [5.41, 5.74) is 1.92. The molecule has 2 rings (SSSR count). The second kappa shape index (κ2) is 3.57. The molecule has 0 saturated heterocycles. The van der Waals surface area contributed by atoms with Crippen LogP contribution in [0.15, 0.2) is 22.9 Å². The second-order valence-corrected chi connectivity index (χ2v) is 3.05. The van der Waals surface area contributed by atoms with E-state index in [2.05, 4.69) is 22.0 Å². The van der Waals surface area contributed by atoms with Crippen LogP contribution in [0.3, 0.4) is 0 Å². The normalized spacial score (nSPS) is 10.4. The number of hydrogen-bond acceptors (Lipinski definition) is 4. The molecule has 4 heteroatoms. The van der Waals surface area contributed by atoms with Gasteiger partial charge in [-0.1, -0.05) is 18.1 Å². The van der Waals surface area contributed by atoms with E-state index in [1.165, 1.54) is 5.56 Å². The Kier molecular flexibility index (Phi) is 2.26. The lowest BCUT2D eigenvalue weighted by Gasteiger charge is -1.95. The van der Waals surface area contributed by atoms with E-state index in [9.17, 15) is 0 Å². The van der Waals surface area contributed by atoms with Crippen molar-refractivity contribution < 1.29 is 4.52 Å². The third-order valence-electron chi connectivity index (χ3n) is 1.98. The van der Waals surface area contributed by atoms with Crippen molar-refractivity contribution in [3.8, 4) is 11.6 Å². The highest BCUT2D eigenvalue weighted by Crippen LogP contribution is 2.14. The van der Waals surface area contributed by atoms with Gasteiger partial charge in [0.1, 0.15) is 5.69 Å². The summed E-state index contributed by atoms with van der Waals surface area (Å²) in [5, 5.41) is 3.71. The Hall–Kier alpha value is -1.71. The topological polar surface area (TPSA) is 51.8 Å². The van der Waals surface area contributed by atoms with Crippen molar-refractivity contribution in [1.82, 2.24) is 15.1 Å². The number of hydrogen-bond donors (Lipinski definition) is 0. The largest absolute Gasteiger partial charge is 0.332 e. The highest BCUT2D eigenvalue weighted by Gasteiger charge is 2.06. The van der Waals surface area contributed by atoms with Gasteiger partial charge in [-0.2, -0.15) is 4.98 Å². The van der Waals surface area contributed by atoms with Crippen molar-refractivity contribution in [3.05, 3.63) is 29.7 Å². The number of nitrogens with zero attached hydrogens (tertiary/aromatic N) is 3. The van der Waals surface area contributed by atoms with Crippen LogP contribution in [0.4, 0.5) is 0 Å². The predicted molar refractivity (Wildman–Crippen MR) is 51.6 cm³/mol. The van der Waals surface area contributed by atoms with Gasteiger partial charge >= 0.3 is 0 Å². The van der Waals surface area contributed by atoms with E-state index in [0.717, 1.165) is 12.1 Å². The van der Waals surface area contributed by atoms with Gasteiger partial charge in [-0.3, -0.25) is 4.98 Å². The van der Waals surface area contributed by atoms with Crippen molar-refractivity contribution in [2.45, 2.75) is 20.3 Å².